The molecule has 0 saturated carbocycles. The van der Waals surface area contributed by atoms with Crippen LogP contribution in [-0.2, 0) is 0 Å². The number of alkyl halides is 6. The minimum atomic E-state index is -4.50. The fraction of sp³-hybridized carbons (Fsp3) is 0.238. The van der Waals surface area contributed by atoms with Crippen LogP contribution < -0.4 is 10.6 Å². The Kier molecular flexibility index (Phi) is 10.2. The fourth-order valence-electron chi connectivity index (χ4n) is 2.42. The third kappa shape index (κ3) is 10.9. The third-order valence-electron chi connectivity index (χ3n) is 3.98. The van der Waals surface area contributed by atoms with E-state index < -0.39 is 35.8 Å². The molecule has 2 aromatic rings. The van der Waals surface area contributed by atoms with E-state index in [1.165, 1.54) is 0 Å². The number of nitrogens with one attached hydrogen (secondary N) is 2. The lowest BCUT2D eigenvalue weighted by Gasteiger charge is -2.11. The van der Waals surface area contributed by atoms with Crippen LogP contribution in [0.5, 0.6) is 0 Å². The molecule has 0 aromatic heterocycles. The normalized spacial score (nSPS) is 14.2. The number of aryl methyl sites for hydroxylation is 1. The van der Waals surface area contributed by atoms with Crippen LogP contribution in [0.4, 0.5) is 26.3 Å². The Morgan fingerprint density at radius 1 is 0.657 bits per heavy atom. The van der Waals surface area contributed by atoms with Gasteiger partial charge in [0.05, 0.1) is 0 Å². The Hall–Kier alpha value is -3.00. The van der Waals surface area contributed by atoms with Crippen molar-refractivity contribution in [1.82, 2.24) is 10.6 Å². The minimum Gasteiger partial charge on any atom is -0.354 e. The number of nitrogens with zero attached hydrogens (tertiary/aromatic N) is 4. The van der Waals surface area contributed by atoms with Gasteiger partial charge < -0.3 is 10.6 Å². The van der Waals surface area contributed by atoms with E-state index in [1.807, 2.05) is 17.6 Å². The van der Waals surface area contributed by atoms with Gasteiger partial charge in [-0.05, 0) is 6.92 Å². The molecule has 0 fully saturated rings. The predicted molar refractivity (Wildman–Crippen MR) is 132 cm³/mol. The molecule has 0 amide bonds. The molecule has 6 nitrogen and oxygen atoms in total. The molecule has 0 saturated heterocycles. The summed E-state index contributed by atoms with van der Waals surface area (Å²) in [5, 5.41) is 18.6. The Morgan fingerprint density at radius 3 is 1.46 bits per heavy atom. The van der Waals surface area contributed by atoms with E-state index in [-0.39, 0.29) is 11.4 Å². The molecule has 35 heavy (non-hydrogen) atoms. The lowest BCUT2D eigenvalue weighted by Crippen LogP contribution is -2.31. The summed E-state index contributed by atoms with van der Waals surface area (Å²) >= 11 is 7.75. The highest BCUT2D eigenvalue weighted by Gasteiger charge is 2.27. The molecule has 0 aliphatic heterocycles. The minimum absolute atomic E-state index is 0.0792. The Balaban J connectivity index is 2.56. The summed E-state index contributed by atoms with van der Waals surface area (Å²) in [5.41, 5.74) is 2.01. The number of thiol groups is 2. The van der Waals surface area contributed by atoms with Crippen LogP contribution in [0, 0.1) is 6.92 Å². The second-order valence-electron chi connectivity index (χ2n) is 6.91. The maximum atomic E-state index is 12.5. The van der Waals surface area contributed by atoms with Crippen molar-refractivity contribution in [1.29, 1.82) is 0 Å². The van der Waals surface area contributed by atoms with Gasteiger partial charge >= 0.3 is 12.4 Å². The smallest absolute Gasteiger partial charge is 0.354 e. The first kappa shape index (κ1) is 28.2. The van der Waals surface area contributed by atoms with E-state index >= 15 is 0 Å². The summed E-state index contributed by atoms with van der Waals surface area (Å²) in [5.74, 6) is 0. The van der Waals surface area contributed by atoms with Gasteiger partial charge in [0.2, 0.25) is 0 Å². The topological polar surface area (TPSA) is 73.5 Å². The van der Waals surface area contributed by atoms with Crippen molar-refractivity contribution in [2.24, 2.45) is 20.4 Å². The average molecular weight is 535 g/mol. The van der Waals surface area contributed by atoms with Crippen LogP contribution in [-0.4, -0.2) is 47.2 Å². The summed E-state index contributed by atoms with van der Waals surface area (Å²) in [6.07, 6.45) is -8.99. The predicted octanol–water partition coefficient (Wildman–Crippen LogP) is 4.98. The summed E-state index contributed by atoms with van der Waals surface area (Å²) in [4.78, 5) is 0. The Labute approximate surface area is 208 Å². The van der Waals surface area contributed by atoms with Crippen molar-refractivity contribution in [2.75, 3.05) is 13.1 Å². The zero-order chi connectivity index (χ0) is 26.1. The van der Waals surface area contributed by atoms with Crippen LogP contribution in [0.25, 0.3) is 0 Å². The van der Waals surface area contributed by atoms with E-state index in [9.17, 15) is 26.3 Å². The number of halogens is 6. The van der Waals surface area contributed by atoms with Crippen molar-refractivity contribution < 1.29 is 26.3 Å². The second-order valence-corrected chi connectivity index (χ2v) is 7.76. The first-order valence-electron chi connectivity index (χ1n) is 9.77. The largest absolute Gasteiger partial charge is 0.405 e. The first-order chi connectivity index (χ1) is 16.3. The van der Waals surface area contributed by atoms with Crippen molar-refractivity contribution in [3.05, 3.63) is 71.3 Å². The van der Waals surface area contributed by atoms with Gasteiger partial charge in [-0.25, -0.2) is 0 Å². The maximum Gasteiger partial charge on any atom is 0.405 e. The number of hydrogen-bond donors (Lipinski definition) is 4. The molecule has 0 heterocycles. The molecule has 2 N–H and O–H groups in total. The van der Waals surface area contributed by atoms with Crippen LogP contribution >= 0.6 is 25.3 Å². The molecule has 0 atom stereocenters. The highest BCUT2D eigenvalue weighted by Crippen LogP contribution is 2.15. The summed E-state index contributed by atoms with van der Waals surface area (Å²) in [6, 6.07) is 15.3. The average Bonchev–Trinajstić information content (AvgIpc) is 2.79. The third-order valence-corrected chi connectivity index (χ3v) is 4.47. The van der Waals surface area contributed by atoms with E-state index in [2.05, 4.69) is 45.7 Å². The number of hydrogen-bond acceptors (Lipinski definition) is 4. The fourth-order valence-corrected chi connectivity index (χ4v) is 2.66. The van der Waals surface area contributed by atoms with Gasteiger partial charge in [-0.3, -0.25) is 0 Å². The van der Waals surface area contributed by atoms with Gasteiger partial charge in [0.1, 0.15) is 24.5 Å². The molecular weight excluding hydrogens is 514 g/mol. The van der Waals surface area contributed by atoms with E-state index in [0.717, 1.165) is 5.56 Å². The monoisotopic (exact) mass is 534 g/mol. The second kappa shape index (κ2) is 12.6. The highest BCUT2D eigenvalue weighted by molar-refractivity contribution is 7.97. The summed E-state index contributed by atoms with van der Waals surface area (Å²) in [6.45, 7) is -0.896. The standard InChI is InChI=1S/C21H20F6N6S2/c1-13-7-9-15(10-8-13)17(31-33-19(35)29-12-21(25,26)27)16(14-5-3-2-4-6-14)30-32-18(34)28-11-20(22,23)24/h2-10H,11-12H2,1H3,(H2,28,32,34)(H2,29,33,35)/b30-16+,31-17+. The molecule has 2 rings (SSSR count). The van der Waals surface area contributed by atoms with E-state index in [4.69, 9.17) is 0 Å². The maximum absolute atomic E-state index is 12.5. The van der Waals surface area contributed by atoms with Crippen molar-refractivity contribution in [3.63, 3.8) is 0 Å². The number of rotatable bonds is 7. The van der Waals surface area contributed by atoms with Crippen molar-refractivity contribution in [3.8, 4) is 0 Å². The van der Waals surface area contributed by atoms with Gasteiger partial charge in [-0.15, -0.1) is 45.7 Å². The van der Waals surface area contributed by atoms with Gasteiger partial charge in [-0.1, -0.05) is 60.2 Å². The van der Waals surface area contributed by atoms with E-state index in [1.54, 1.807) is 54.6 Å². The van der Waals surface area contributed by atoms with Crippen LogP contribution in [0.3, 0.4) is 0 Å². The lowest BCUT2D eigenvalue weighted by atomic mass is 9.99. The van der Waals surface area contributed by atoms with Gasteiger partial charge in [0.15, 0.2) is 10.3 Å². The number of benzene rings is 2. The molecule has 14 heteroatoms. The Morgan fingerprint density at radius 2 is 1.06 bits per heavy atom. The number of amidine groups is 2. The molecule has 0 aliphatic carbocycles. The molecule has 0 spiro atoms. The van der Waals surface area contributed by atoms with Crippen molar-refractivity contribution >= 4 is 47.0 Å². The van der Waals surface area contributed by atoms with Crippen molar-refractivity contribution in [2.45, 2.75) is 19.3 Å². The van der Waals surface area contributed by atoms with Crippen LogP contribution in [0.2, 0.25) is 0 Å². The molecule has 0 unspecified atom stereocenters. The quantitative estimate of drug-likeness (QED) is 0.133. The van der Waals surface area contributed by atoms with Gasteiger partial charge in [-0.2, -0.15) is 26.3 Å². The molecule has 0 aliphatic rings. The summed E-state index contributed by atoms with van der Waals surface area (Å²) in [7, 11) is 0. The molecule has 188 valence electrons. The lowest BCUT2D eigenvalue weighted by molar-refractivity contribution is -0.122. The molecule has 0 radical (unpaired) electrons. The molecule has 2 aromatic carbocycles. The zero-order valence-corrected chi connectivity index (χ0v) is 19.9. The van der Waals surface area contributed by atoms with Gasteiger partial charge in [0, 0.05) is 11.1 Å². The van der Waals surface area contributed by atoms with Crippen LogP contribution in [0.15, 0.2) is 75.0 Å². The Bertz CT molecular complexity index is 1090. The molecule has 0 bridgehead atoms. The zero-order valence-electron chi connectivity index (χ0n) is 18.1. The highest BCUT2D eigenvalue weighted by atomic mass is 32.1. The van der Waals surface area contributed by atoms with Crippen LogP contribution in [0.1, 0.15) is 16.7 Å². The molecular formula is C21H20F6N6S2. The van der Waals surface area contributed by atoms with E-state index in [0.29, 0.717) is 11.1 Å². The first-order valence-corrected chi connectivity index (χ1v) is 10.7. The van der Waals surface area contributed by atoms with Gasteiger partial charge in [0.25, 0.3) is 0 Å². The summed E-state index contributed by atoms with van der Waals surface area (Å²) < 4.78 is 74.8. The SMILES string of the molecule is Cc1ccc(C(=N\N=C(/S)NCC(F)(F)F)/C(=N/N=C(\S)NCC(F)(F)F)c2ccccc2)cc1.